The number of hydrogen-bond donors (Lipinski definition) is 0. The first-order valence-electron chi connectivity index (χ1n) is 4.94. The third kappa shape index (κ3) is 3.24. The molecule has 1 rings (SSSR count). The lowest BCUT2D eigenvalue weighted by atomic mass is 9.88. The molecule has 1 saturated heterocycles. The molecular weight excluding hydrogens is 169 g/mol. The van der Waals surface area contributed by atoms with Crippen molar-refractivity contribution in [3.05, 3.63) is 0 Å². The van der Waals surface area contributed by atoms with E-state index in [4.69, 9.17) is 4.74 Å². The molecule has 1 aliphatic heterocycles. The predicted molar refractivity (Wildman–Crippen MR) is 51.6 cm³/mol. The van der Waals surface area contributed by atoms with Crippen LogP contribution in [0.2, 0.25) is 0 Å². The molecule has 3 heteroatoms. The van der Waals surface area contributed by atoms with E-state index in [-0.39, 0.29) is 18.2 Å². The first-order valence-corrected chi connectivity index (χ1v) is 4.94. The van der Waals surface area contributed by atoms with Gasteiger partial charge in [0, 0.05) is 19.6 Å². The second kappa shape index (κ2) is 4.38. The molecule has 0 N–H and O–H groups in total. The van der Waals surface area contributed by atoms with E-state index in [1.165, 1.54) is 0 Å². The molecule has 13 heavy (non-hydrogen) atoms. The van der Waals surface area contributed by atoms with Crippen LogP contribution in [-0.2, 0) is 4.74 Å². The van der Waals surface area contributed by atoms with Crippen LogP contribution in [0.4, 0.5) is 4.39 Å². The molecule has 2 nitrogen and oxygen atoms in total. The van der Waals surface area contributed by atoms with Crippen molar-refractivity contribution in [1.29, 1.82) is 0 Å². The van der Waals surface area contributed by atoms with Crippen LogP contribution >= 0.6 is 0 Å². The van der Waals surface area contributed by atoms with Crippen LogP contribution in [0.15, 0.2) is 0 Å². The fraction of sp³-hybridized carbons (Fsp3) is 1.00. The zero-order valence-corrected chi connectivity index (χ0v) is 8.85. The van der Waals surface area contributed by atoms with Gasteiger partial charge in [-0.15, -0.1) is 0 Å². The van der Waals surface area contributed by atoms with Crippen molar-refractivity contribution >= 4 is 0 Å². The van der Waals surface area contributed by atoms with Crippen LogP contribution < -0.4 is 0 Å². The molecule has 0 aromatic heterocycles. The Morgan fingerprint density at radius 3 is 2.69 bits per heavy atom. The van der Waals surface area contributed by atoms with Gasteiger partial charge >= 0.3 is 0 Å². The lowest BCUT2D eigenvalue weighted by Crippen LogP contribution is -2.48. The SMILES string of the molecule is CC(C)(C)C1CN(CCF)CCO1. The van der Waals surface area contributed by atoms with Crippen molar-refractivity contribution in [1.82, 2.24) is 4.90 Å². The molecule has 0 aromatic rings. The van der Waals surface area contributed by atoms with Crippen LogP contribution in [0.3, 0.4) is 0 Å². The maximum Gasteiger partial charge on any atom is 0.102 e. The summed E-state index contributed by atoms with van der Waals surface area (Å²) in [7, 11) is 0. The van der Waals surface area contributed by atoms with Gasteiger partial charge in [-0.1, -0.05) is 20.8 Å². The van der Waals surface area contributed by atoms with Crippen molar-refractivity contribution in [3.63, 3.8) is 0 Å². The Kier molecular flexibility index (Phi) is 3.68. The van der Waals surface area contributed by atoms with Crippen molar-refractivity contribution in [2.45, 2.75) is 26.9 Å². The number of hydrogen-bond acceptors (Lipinski definition) is 2. The number of ether oxygens (including phenoxy) is 1. The highest BCUT2D eigenvalue weighted by Gasteiger charge is 2.30. The average molecular weight is 189 g/mol. The highest BCUT2D eigenvalue weighted by atomic mass is 19.1. The number of morpholine rings is 1. The smallest absolute Gasteiger partial charge is 0.102 e. The molecule has 1 aliphatic rings. The Labute approximate surface area is 80.1 Å². The van der Waals surface area contributed by atoms with E-state index in [1.54, 1.807) is 0 Å². The molecular formula is C10H20FNO. The molecule has 1 fully saturated rings. The molecule has 0 amide bonds. The van der Waals surface area contributed by atoms with Gasteiger partial charge in [0.1, 0.15) is 6.67 Å². The fourth-order valence-electron chi connectivity index (χ4n) is 1.55. The summed E-state index contributed by atoms with van der Waals surface area (Å²) in [5.74, 6) is 0. The van der Waals surface area contributed by atoms with Gasteiger partial charge in [-0.3, -0.25) is 4.90 Å². The zero-order chi connectivity index (χ0) is 9.90. The molecule has 0 radical (unpaired) electrons. The zero-order valence-electron chi connectivity index (χ0n) is 8.85. The second-order valence-electron chi connectivity index (χ2n) is 4.72. The molecule has 0 spiro atoms. The lowest BCUT2D eigenvalue weighted by molar-refractivity contribution is -0.0801. The number of nitrogens with zero attached hydrogens (tertiary/aromatic N) is 1. The standard InChI is InChI=1S/C10H20FNO/c1-10(2,3)9-8-12(5-4-11)6-7-13-9/h9H,4-8H2,1-3H3. The van der Waals surface area contributed by atoms with E-state index >= 15 is 0 Å². The predicted octanol–water partition coefficient (Wildman–Crippen LogP) is 1.70. The van der Waals surface area contributed by atoms with Crippen LogP contribution in [0, 0.1) is 5.41 Å². The quantitative estimate of drug-likeness (QED) is 0.655. The average Bonchev–Trinajstić information content (AvgIpc) is 2.04. The van der Waals surface area contributed by atoms with Gasteiger partial charge in [0.05, 0.1) is 12.7 Å². The van der Waals surface area contributed by atoms with E-state index < -0.39 is 0 Å². The number of rotatable bonds is 2. The van der Waals surface area contributed by atoms with Crippen molar-refractivity contribution < 1.29 is 9.13 Å². The highest BCUT2D eigenvalue weighted by Crippen LogP contribution is 2.25. The highest BCUT2D eigenvalue weighted by molar-refractivity contribution is 4.81. The van der Waals surface area contributed by atoms with Gasteiger partial charge in [-0.05, 0) is 5.41 Å². The van der Waals surface area contributed by atoms with Gasteiger partial charge in [0.15, 0.2) is 0 Å². The maximum absolute atomic E-state index is 12.1. The molecule has 0 bridgehead atoms. The molecule has 0 aromatic carbocycles. The monoisotopic (exact) mass is 189 g/mol. The van der Waals surface area contributed by atoms with Gasteiger partial charge in [0.25, 0.3) is 0 Å². The molecule has 78 valence electrons. The van der Waals surface area contributed by atoms with Crippen LogP contribution in [-0.4, -0.2) is 43.9 Å². The molecule has 0 aliphatic carbocycles. The van der Waals surface area contributed by atoms with Crippen LogP contribution in [0.1, 0.15) is 20.8 Å². The largest absolute Gasteiger partial charge is 0.375 e. The summed E-state index contributed by atoms with van der Waals surface area (Å²) >= 11 is 0. The van der Waals surface area contributed by atoms with E-state index in [1.807, 2.05) is 0 Å². The summed E-state index contributed by atoms with van der Waals surface area (Å²) in [5, 5.41) is 0. The first-order chi connectivity index (χ1) is 6.04. The third-order valence-corrected chi connectivity index (χ3v) is 2.52. The summed E-state index contributed by atoms with van der Waals surface area (Å²) < 4.78 is 17.8. The summed E-state index contributed by atoms with van der Waals surface area (Å²) in [5.41, 5.74) is 0.162. The number of halogens is 1. The van der Waals surface area contributed by atoms with Gasteiger partial charge in [0.2, 0.25) is 0 Å². The minimum Gasteiger partial charge on any atom is -0.375 e. The Balaban J connectivity index is 2.42. The van der Waals surface area contributed by atoms with E-state index in [0.29, 0.717) is 6.54 Å². The molecule has 1 heterocycles. The Hall–Kier alpha value is -0.150. The second-order valence-corrected chi connectivity index (χ2v) is 4.72. The first kappa shape index (κ1) is 10.9. The fourth-order valence-corrected chi connectivity index (χ4v) is 1.55. The minimum absolute atomic E-state index is 0.162. The molecule has 0 saturated carbocycles. The van der Waals surface area contributed by atoms with E-state index in [2.05, 4.69) is 25.7 Å². The summed E-state index contributed by atoms with van der Waals surface area (Å²) in [6, 6.07) is 0. The van der Waals surface area contributed by atoms with Crippen LogP contribution in [0.25, 0.3) is 0 Å². The normalized spacial score (nSPS) is 26.3. The van der Waals surface area contributed by atoms with E-state index in [0.717, 1.165) is 19.7 Å². The topological polar surface area (TPSA) is 12.5 Å². The van der Waals surface area contributed by atoms with Crippen molar-refractivity contribution in [2.24, 2.45) is 5.41 Å². The summed E-state index contributed by atoms with van der Waals surface area (Å²) in [4.78, 5) is 2.14. The molecule has 1 unspecified atom stereocenters. The number of alkyl halides is 1. The Morgan fingerprint density at radius 1 is 1.46 bits per heavy atom. The van der Waals surface area contributed by atoms with Gasteiger partial charge < -0.3 is 4.74 Å². The molecule has 1 atom stereocenters. The summed E-state index contributed by atoms with van der Waals surface area (Å²) in [6.07, 6.45) is 0.243. The Bertz CT molecular complexity index is 153. The van der Waals surface area contributed by atoms with E-state index in [9.17, 15) is 4.39 Å². The van der Waals surface area contributed by atoms with Gasteiger partial charge in [-0.25, -0.2) is 4.39 Å². The van der Waals surface area contributed by atoms with Crippen LogP contribution in [0.5, 0.6) is 0 Å². The minimum atomic E-state index is -0.253. The maximum atomic E-state index is 12.1. The summed E-state index contributed by atoms with van der Waals surface area (Å²) in [6.45, 7) is 9.27. The third-order valence-electron chi connectivity index (χ3n) is 2.52. The van der Waals surface area contributed by atoms with Gasteiger partial charge in [-0.2, -0.15) is 0 Å². The Morgan fingerprint density at radius 2 is 2.15 bits per heavy atom. The lowest BCUT2D eigenvalue weighted by Gasteiger charge is -2.39. The van der Waals surface area contributed by atoms with Crippen molar-refractivity contribution in [2.75, 3.05) is 32.9 Å². The van der Waals surface area contributed by atoms with Crippen molar-refractivity contribution in [3.8, 4) is 0 Å².